The molecule has 0 fully saturated rings. The van der Waals surface area contributed by atoms with Gasteiger partial charge >= 0.3 is 0 Å². The number of hydroxylamine groups is 2. The molecule has 0 radical (unpaired) electrons. The molecule has 0 aromatic heterocycles. The topological polar surface area (TPSA) is 45.5 Å². The normalized spacial score (nSPS) is 23.2. The van der Waals surface area contributed by atoms with Gasteiger partial charge in [-0.1, -0.05) is 12.1 Å². The summed E-state index contributed by atoms with van der Waals surface area (Å²) in [6.45, 7) is 1.55. The van der Waals surface area contributed by atoms with Crippen LogP contribution < -0.4 is 0 Å². The Balaban J connectivity index is 1.90. The maximum absolute atomic E-state index is 13.7. The van der Waals surface area contributed by atoms with Crippen molar-refractivity contribution >= 4 is 0 Å². The number of hydrogen-bond acceptors (Lipinski definition) is 4. The summed E-state index contributed by atoms with van der Waals surface area (Å²) < 4.78 is 20.0. The van der Waals surface area contributed by atoms with Gasteiger partial charge in [-0.2, -0.15) is 10.3 Å². The molecule has 1 spiro atoms. The molecule has 0 bridgehead atoms. The van der Waals surface area contributed by atoms with E-state index in [2.05, 4.69) is 6.07 Å². The van der Waals surface area contributed by atoms with Crippen LogP contribution in [0.4, 0.5) is 4.39 Å². The van der Waals surface area contributed by atoms with Crippen molar-refractivity contribution in [3.05, 3.63) is 70.0 Å². The summed E-state index contributed by atoms with van der Waals surface area (Å²) in [5.74, 6) is -0.245. The lowest BCUT2D eigenvalue weighted by molar-refractivity contribution is -0.150. The van der Waals surface area contributed by atoms with E-state index in [-0.39, 0.29) is 5.82 Å². The van der Waals surface area contributed by atoms with Crippen LogP contribution in [0.15, 0.2) is 36.4 Å². The maximum Gasteiger partial charge on any atom is 0.123 e. The van der Waals surface area contributed by atoms with Gasteiger partial charge in [0.15, 0.2) is 0 Å². The van der Waals surface area contributed by atoms with Gasteiger partial charge in [-0.05, 0) is 59.4 Å². The van der Waals surface area contributed by atoms with E-state index in [0.29, 0.717) is 18.8 Å². The fourth-order valence-corrected chi connectivity index (χ4v) is 3.89. The highest BCUT2D eigenvalue weighted by Gasteiger charge is 2.43. The van der Waals surface area contributed by atoms with E-state index in [4.69, 9.17) is 9.57 Å². The zero-order valence-corrected chi connectivity index (χ0v) is 14.1. The maximum atomic E-state index is 13.7. The molecular weight excluding hydrogens is 319 g/mol. The van der Waals surface area contributed by atoms with E-state index in [9.17, 15) is 9.65 Å². The van der Waals surface area contributed by atoms with Crippen molar-refractivity contribution in [2.24, 2.45) is 0 Å². The Morgan fingerprint density at radius 3 is 2.68 bits per heavy atom. The summed E-state index contributed by atoms with van der Waals surface area (Å²) in [4.78, 5) is 5.81. The van der Waals surface area contributed by atoms with Crippen LogP contribution in [-0.4, -0.2) is 18.7 Å². The van der Waals surface area contributed by atoms with Gasteiger partial charge < -0.3 is 4.74 Å². The van der Waals surface area contributed by atoms with E-state index in [0.717, 1.165) is 41.6 Å². The van der Waals surface area contributed by atoms with Gasteiger partial charge in [0.1, 0.15) is 11.4 Å². The summed E-state index contributed by atoms with van der Waals surface area (Å²) in [5, 5.41) is 11.1. The molecule has 5 heteroatoms. The lowest BCUT2D eigenvalue weighted by Crippen LogP contribution is -2.29. The second kappa shape index (κ2) is 6.23. The fourth-order valence-electron chi connectivity index (χ4n) is 3.89. The molecule has 2 aliphatic heterocycles. The van der Waals surface area contributed by atoms with Crippen molar-refractivity contribution in [3.63, 3.8) is 0 Å². The van der Waals surface area contributed by atoms with Crippen molar-refractivity contribution in [1.82, 2.24) is 5.06 Å². The molecular formula is C20H19FN2O2. The third kappa shape index (κ3) is 2.73. The minimum absolute atomic E-state index is 0.245. The van der Waals surface area contributed by atoms with E-state index >= 15 is 0 Å². The van der Waals surface area contributed by atoms with Gasteiger partial charge in [-0.25, -0.2) is 4.39 Å². The molecule has 0 aliphatic carbocycles. The number of fused-ring (bicyclic) bond motifs is 4. The number of halogens is 1. The first-order chi connectivity index (χ1) is 12.1. The highest BCUT2D eigenvalue weighted by atomic mass is 19.1. The van der Waals surface area contributed by atoms with Gasteiger partial charge in [-0.3, -0.25) is 4.84 Å². The first-order valence-electron chi connectivity index (χ1n) is 8.43. The molecule has 2 aliphatic rings. The van der Waals surface area contributed by atoms with Gasteiger partial charge in [0.2, 0.25) is 0 Å². The predicted octanol–water partition coefficient (Wildman–Crippen LogP) is 3.63. The van der Waals surface area contributed by atoms with Gasteiger partial charge in [0.25, 0.3) is 0 Å². The van der Waals surface area contributed by atoms with Crippen LogP contribution in [-0.2, 0) is 28.4 Å². The van der Waals surface area contributed by atoms with Crippen LogP contribution in [0.2, 0.25) is 0 Å². The van der Waals surface area contributed by atoms with Crippen LogP contribution in [0, 0.1) is 17.1 Å². The average molecular weight is 338 g/mol. The average Bonchev–Trinajstić information content (AvgIpc) is 3.00. The van der Waals surface area contributed by atoms with Crippen molar-refractivity contribution < 1.29 is 14.0 Å². The van der Waals surface area contributed by atoms with Crippen LogP contribution in [0.1, 0.15) is 40.7 Å². The molecule has 0 saturated heterocycles. The molecule has 1 atom stereocenters. The highest BCUT2D eigenvalue weighted by Crippen LogP contribution is 2.47. The second-order valence-corrected chi connectivity index (χ2v) is 6.63. The standard InChI is InChI=1S/C20H19FN2O2/c1-23-8-2-7-20(19-6-4-17(21)10-16(19)12-24-20)18-5-3-14(11-22)9-15(18)13-25-23/h3-6,9-10H,2,7-8,12-13H2,1H3. The van der Waals surface area contributed by atoms with Crippen LogP contribution >= 0.6 is 0 Å². The van der Waals surface area contributed by atoms with E-state index in [1.54, 1.807) is 6.07 Å². The molecule has 4 nitrogen and oxygen atoms in total. The lowest BCUT2D eigenvalue weighted by atomic mass is 9.79. The van der Waals surface area contributed by atoms with E-state index < -0.39 is 5.60 Å². The van der Waals surface area contributed by atoms with Crippen molar-refractivity contribution in [2.45, 2.75) is 31.7 Å². The molecule has 0 N–H and O–H groups in total. The zero-order valence-electron chi connectivity index (χ0n) is 14.1. The summed E-state index contributed by atoms with van der Waals surface area (Å²) in [6.07, 6.45) is 1.66. The zero-order chi connectivity index (χ0) is 17.4. The number of nitrogens with zero attached hydrogens (tertiary/aromatic N) is 2. The fraction of sp³-hybridized carbons (Fsp3) is 0.350. The molecule has 0 saturated carbocycles. The molecule has 1 unspecified atom stereocenters. The van der Waals surface area contributed by atoms with E-state index in [1.807, 2.05) is 36.4 Å². The largest absolute Gasteiger partial charge is 0.361 e. The number of hydrogen-bond donors (Lipinski definition) is 0. The molecule has 128 valence electrons. The summed E-state index contributed by atoms with van der Waals surface area (Å²) in [6, 6.07) is 12.7. The quantitative estimate of drug-likeness (QED) is 0.736. The SMILES string of the molecule is CN1CCCC2(OCc3cc(F)ccc32)c2ccc(C#N)cc2CO1. The van der Waals surface area contributed by atoms with Gasteiger partial charge in [0, 0.05) is 13.6 Å². The van der Waals surface area contributed by atoms with Crippen molar-refractivity contribution in [1.29, 1.82) is 5.26 Å². The first-order valence-corrected chi connectivity index (χ1v) is 8.43. The minimum Gasteiger partial charge on any atom is -0.361 e. The summed E-state index contributed by atoms with van der Waals surface area (Å²) in [7, 11) is 1.91. The molecule has 4 rings (SSSR count). The number of benzene rings is 2. The Morgan fingerprint density at radius 2 is 1.88 bits per heavy atom. The van der Waals surface area contributed by atoms with Crippen LogP contribution in [0.25, 0.3) is 0 Å². The molecule has 2 heterocycles. The third-order valence-electron chi connectivity index (χ3n) is 5.09. The Kier molecular flexibility index (Phi) is 4.04. The Labute approximate surface area is 146 Å². The monoisotopic (exact) mass is 338 g/mol. The molecule has 25 heavy (non-hydrogen) atoms. The Hall–Kier alpha value is -2.26. The summed E-state index contributed by atoms with van der Waals surface area (Å²) in [5.41, 5.74) is 3.84. The molecule has 2 aromatic rings. The van der Waals surface area contributed by atoms with Crippen LogP contribution in [0.5, 0.6) is 0 Å². The predicted molar refractivity (Wildman–Crippen MR) is 89.8 cm³/mol. The Morgan fingerprint density at radius 1 is 1.12 bits per heavy atom. The first kappa shape index (κ1) is 16.2. The number of nitriles is 1. The van der Waals surface area contributed by atoms with Gasteiger partial charge in [-0.15, -0.1) is 0 Å². The van der Waals surface area contributed by atoms with Crippen molar-refractivity contribution in [2.75, 3.05) is 13.6 Å². The highest BCUT2D eigenvalue weighted by molar-refractivity contribution is 5.49. The number of rotatable bonds is 0. The van der Waals surface area contributed by atoms with Crippen LogP contribution in [0.3, 0.4) is 0 Å². The van der Waals surface area contributed by atoms with E-state index in [1.165, 1.54) is 6.07 Å². The van der Waals surface area contributed by atoms with Crippen molar-refractivity contribution in [3.8, 4) is 6.07 Å². The van der Waals surface area contributed by atoms with Gasteiger partial charge in [0.05, 0.1) is 24.8 Å². The molecule has 2 aromatic carbocycles. The Bertz CT molecular complexity index is 861. The summed E-state index contributed by atoms with van der Waals surface area (Å²) >= 11 is 0. The lowest BCUT2D eigenvalue weighted by Gasteiger charge is -2.32. The molecule has 0 amide bonds. The minimum atomic E-state index is -0.610. The second-order valence-electron chi connectivity index (χ2n) is 6.63. The number of ether oxygens (including phenoxy) is 1. The smallest absolute Gasteiger partial charge is 0.123 e. The third-order valence-corrected chi connectivity index (χ3v) is 5.09.